The molecule has 3 aromatic rings. The largest absolute Gasteiger partial charge is 0.358 e. The molecule has 0 bridgehead atoms. The highest BCUT2D eigenvalue weighted by molar-refractivity contribution is 5.80. The maximum Gasteiger partial charge on any atom is 0.323 e. The zero-order valence-electron chi connectivity index (χ0n) is 10.3. The van der Waals surface area contributed by atoms with Gasteiger partial charge in [0.05, 0.1) is 11.0 Å². The lowest BCUT2D eigenvalue weighted by atomic mass is 10.1. The molecule has 4 rings (SSSR count). The molecule has 0 aliphatic carbocycles. The number of H-pyrrole nitrogens is 3. The molecule has 5 heteroatoms. The average Bonchev–Trinajstić information content (AvgIpc) is 2.99. The van der Waals surface area contributed by atoms with Crippen molar-refractivity contribution in [3.63, 3.8) is 0 Å². The summed E-state index contributed by atoms with van der Waals surface area (Å²) < 4.78 is 0. The maximum atomic E-state index is 11.3. The number of aromatic nitrogens is 3. The van der Waals surface area contributed by atoms with Crippen molar-refractivity contribution in [3.8, 4) is 11.3 Å². The minimum Gasteiger partial charge on any atom is -0.358 e. The second-order valence-corrected chi connectivity index (χ2v) is 4.95. The van der Waals surface area contributed by atoms with Crippen LogP contribution < -0.4 is 11.0 Å². The van der Waals surface area contributed by atoms with Crippen molar-refractivity contribution in [1.82, 2.24) is 20.3 Å². The Labute approximate surface area is 109 Å². The smallest absolute Gasteiger partial charge is 0.323 e. The maximum absolute atomic E-state index is 11.3. The fraction of sp³-hybridized carbons (Fsp3) is 0.214. The normalized spacial score (nSPS) is 14.7. The molecule has 0 unspecified atom stereocenters. The predicted molar refractivity (Wildman–Crippen MR) is 74.1 cm³/mol. The molecule has 1 aromatic carbocycles. The van der Waals surface area contributed by atoms with E-state index in [2.05, 4.69) is 26.3 Å². The van der Waals surface area contributed by atoms with Crippen LogP contribution in [0.4, 0.5) is 0 Å². The van der Waals surface area contributed by atoms with E-state index in [0.29, 0.717) is 0 Å². The molecular weight excluding hydrogens is 240 g/mol. The summed E-state index contributed by atoms with van der Waals surface area (Å²) in [5.41, 5.74) is 6.37. The second kappa shape index (κ2) is 3.86. The van der Waals surface area contributed by atoms with Crippen LogP contribution in [0.1, 0.15) is 11.3 Å². The third-order valence-corrected chi connectivity index (χ3v) is 3.69. The molecule has 3 heterocycles. The highest BCUT2D eigenvalue weighted by atomic mass is 16.1. The van der Waals surface area contributed by atoms with Gasteiger partial charge in [-0.3, -0.25) is 0 Å². The molecule has 4 N–H and O–H groups in total. The second-order valence-electron chi connectivity index (χ2n) is 4.95. The van der Waals surface area contributed by atoms with Crippen molar-refractivity contribution < 1.29 is 0 Å². The third-order valence-electron chi connectivity index (χ3n) is 3.69. The molecule has 1 aliphatic heterocycles. The molecule has 1 aliphatic rings. The van der Waals surface area contributed by atoms with Gasteiger partial charge in [0.15, 0.2) is 0 Å². The van der Waals surface area contributed by atoms with Crippen molar-refractivity contribution in [3.05, 3.63) is 46.0 Å². The molecule has 0 amide bonds. The van der Waals surface area contributed by atoms with Gasteiger partial charge in [0.25, 0.3) is 0 Å². The van der Waals surface area contributed by atoms with E-state index >= 15 is 0 Å². The summed E-state index contributed by atoms with van der Waals surface area (Å²) >= 11 is 0. The first-order chi connectivity index (χ1) is 9.29. The summed E-state index contributed by atoms with van der Waals surface area (Å²) in [6.45, 7) is 1.95. The van der Waals surface area contributed by atoms with E-state index in [1.54, 1.807) is 0 Å². The van der Waals surface area contributed by atoms with Gasteiger partial charge >= 0.3 is 5.69 Å². The SMILES string of the molecule is O=c1[nH]c2ccc(-c3cc4c([nH]3)CCNC4)cc2[nH]1. The van der Waals surface area contributed by atoms with Gasteiger partial charge in [-0.25, -0.2) is 4.79 Å². The number of fused-ring (bicyclic) bond motifs is 2. The molecule has 96 valence electrons. The molecule has 0 atom stereocenters. The Kier molecular flexibility index (Phi) is 2.16. The van der Waals surface area contributed by atoms with Crippen LogP contribution >= 0.6 is 0 Å². The topological polar surface area (TPSA) is 76.5 Å². The quantitative estimate of drug-likeness (QED) is 0.531. The Morgan fingerprint density at radius 3 is 2.79 bits per heavy atom. The van der Waals surface area contributed by atoms with Crippen LogP contribution in [-0.4, -0.2) is 21.5 Å². The minimum atomic E-state index is -0.165. The first-order valence-corrected chi connectivity index (χ1v) is 6.43. The van der Waals surface area contributed by atoms with E-state index < -0.39 is 0 Å². The van der Waals surface area contributed by atoms with Gasteiger partial charge in [-0.15, -0.1) is 0 Å². The van der Waals surface area contributed by atoms with Crippen LogP contribution in [0.5, 0.6) is 0 Å². The fourth-order valence-corrected chi connectivity index (χ4v) is 2.71. The molecule has 19 heavy (non-hydrogen) atoms. The third kappa shape index (κ3) is 1.70. The van der Waals surface area contributed by atoms with Crippen LogP contribution in [0.25, 0.3) is 22.3 Å². The number of hydrogen-bond acceptors (Lipinski definition) is 2. The van der Waals surface area contributed by atoms with Gasteiger partial charge in [0.1, 0.15) is 0 Å². The first kappa shape index (κ1) is 10.6. The number of hydrogen-bond donors (Lipinski definition) is 4. The first-order valence-electron chi connectivity index (χ1n) is 6.43. The van der Waals surface area contributed by atoms with E-state index in [9.17, 15) is 4.79 Å². The lowest BCUT2D eigenvalue weighted by Gasteiger charge is -2.11. The summed E-state index contributed by atoms with van der Waals surface area (Å²) in [6.07, 6.45) is 1.04. The van der Waals surface area contributed by atoms with Gasteiger partial charge in [-0.1, -0.05) is 6.07 Å². The standard InChI is InChI=1S/C14H14N4O/c19-14-17-11-2-1-8(5-13(11)18-14)12-6-9-7-15-4-3-10(9)16-12/h1-2,5-6,15-16H,3-4,7H2,(H2,17,18,19). The van der Waals surface area contributed by atoms with E-state index in [0.717, 1.165) is 41.8 Å². The molecule has 5 nitrogen and oxygen atoms in total. The number of rotatable bonds is 1. The summed E-state index contributed by atoms with van der Waals surface area (Å²) in [7, 11) is 0. The summed E-state index contributed by atoms with van der Waals surface area (Å²) in [4.78, 5) is 20.3. The summed E-state index contributed by atoms with van der Waals surface area (Å²) in [5.74, 6) is 0. The lowest BCUT2D eigenvalue weighted by Crippen LogP contribution is -2.22. The molecule has 0 fully saturated rings. The Morgan fingerprint density at radius 2 is 1.89 bits per heavy atom. The fourth-order valence-electron chi connectivity index (χ4n) is 2.71. The molecule has 0 radical (unpaired) electrons. The average molecular weight is 254 g/mol. The van der Waals surface area contributed by atoms with Crippen molar-refractivity contribution >= 4 is 11.0 Å². The van der Waals surface area contributed by atoms with Gasteiger partial charge in [0, 0.05) is 36.5 Å². The van der Waals surface area contributed by atoms with Crippen LogP contribution in [0.15, 0.2) is 29.1 Å². The van der Waals surface area contributed by atoms with Crippen LogP contribution in [0.3, 0.4) is 0 Å². The number of nitrogens with one attached hydrogen (secondary N) is 4. The minimum absolute atomic E-state index is 0.165. The van der Waals surface area contributed by atoms with Crippen molar-refractivity contribution in [2.45, 2.75) is 13.0 Å². The van der Waals surface area contributed by atoms with Crippen molar-refractivity contribution in [1.29, 1.82) is 0 Å². The summed E-state index contributed by atoms with van der Waals surface area (Å²) in [6, 6.07) is 8.14. The molecule has 0 spiro atoms. The highest BCUT2D eigenvalue weighted by Gasteiger charge is 2.13. The molecular formula is C14H14N4O. The monoisotopic (exact) mass is 254 g/mol. The Bertz CT molecular complexity index is 785. The van der Waals surface area contributed by atoms with E-state index in [4.69, 9.17) is 0 Å². The predicted octanol–water partition coefficient (Wildman–Crippen LogP) is 1.50. The Balaban J connectivity index is 1.84. The van der Waals surface area contributed by atoms with Crippen LogP contribution in [0, 0.1) is 0 Å². The van der Waals surface area contributed by atoms with Gasteiger partial charge in [-0.05, 0) is 23.8 Å². The zero-order valence-corrected chi connectivity index (χ0v) is 10.3. The number of imidazole rings is 1. The number of aromatic amines is 3. The van der Waals surface area contributed by atoms with E-state index in [1.165, 1.54) is 11.3 Å². The molecule has 0 saturated heterocycles. The van der Waals surface area contributed by atoms with E-state index in [-0.39, 0.29) is 5.69 Å². The van der Waals surface area contributed by atoms with Gasteiger partial charge in [0.2, 0.25) is 0 Å². The summed E-state index contributed by atoms with van der Waals surface area (Å²) in [5, 5.41) is 3.37. The number of benzene rings is 1. The van der Waals surface area contributed by atoms with Crippen LogP contribution in [-0.2, 0) is 13.0 Å². The van der Waals surface area contributed by atoms with E-state index in [1.807, 2.05) is 18.2 Å². The van der Waals surface area contributed by atoms with Gasteiger partial charge in [-0.2, -0.15) is 0 Å². The lowest BCUT2D eigenvalue weighted by molar-refractivity contribution is 0.638. The zero-order chi connectivity index (χ0) is 12.8. The molecule has 0 saturated carbocycles. The Hall–Kier alpha value is -2.27. The van der Waals surface area contributed by atoms with Crippen LogP contribution in [0.2, 0.25) is 0 Å². The van der Waals surface area contributed by atoms with Crippen molar-refractivity contribution in [2.75, 3.05) is 6.54 Å². The Morgan fingerprint density at radius 1 is 1.00 bits per heavy atom. The highest BCUT2D eigenvalue weighted by Crippen LogP contribution is 2.25. The molecule has 2 aromatic heterocycles. The van der Waals surface area contributed by atoms with Crippen molar-refractivity contribution in [2.24, 2.45) is 0 Å². The van der Waals surface area contributed by atoms with Gasteiger partial charge < -0.3 is 20.3 Å².